The number of amides is 2. The van der Waals surface area contributed by atoms with E-state index in [0.29, 0.717) is 39.7 Å². The minimum atomic E-state index is -3.29. The third-order valence-corrected chi connectivity index (χ3v) is 10.8. The van der Waals surface area contributed by atoms with Gasteiger partial charge in [0, 0.05) is 36.4 Å². The summed E-state index contributed by atoms with van der Waals surface area (Å²) in [6, 6.07) is 19.8. The van der Waals surface area contributed by atoms with Crippen molar-refractivity contribution in [2.45, 2.75) is 43.7 Å². The second-order valence-corrected chi connectivity index (χ2v) is 14.9. The van der Waals surface area contributed by atoms with Gasteiger partial charge in [-0.3, -0.25) is 14.5 Å². The summed E-state index contributed by atoms with van der Waals surface area (Å²) in [5.41, 5.74) is 0.886. The molecule has 1 saturated heterocycles. The van der Waals surface area contributed by atoms with E-state index in [1.54, 1.807) is 54.2 Å². The minimum Gasteiger partial charge on any atom is -0.454 e. The number of anilines is 3. The molecule has 0 saturated carbocycles. The Kier molecular flexibility index (Phi) is 5.94. The van der Waals surface area contributed by atoms with Crippen molar-refractivity contribution in [3.8, 4) is 11.5 Å². The first-order valence-corrected chi connectivity index (χ1v) is 16.2. The van der Waals surface area contributed by atoms with Gasteiger partial charge in [0.25, 0.3) is 11.8 Å². The quantitative estimate of drug-likeness (QED) is 0.325. The maximum atomic E-state index is 15.7. The Labute approximate surface area is 227 Å². The summed E-state index contributed by atoms with van der Waals surface area (Å²) in [7, 11) is -1.60. The molecule has 202 valence electrons. The van der Waals surface area contributed by atoms with Crippen LogP contribution in [0, 0.1) is 5.92 Å². The highest BCUT2D eigenvalue weighted by atomic mass is 28.4. The number of hydrogen-bond donors (Lipinski definition) is 1. The van der Waals surface area contributed by atoms with Crippen LogP contribution in [0.2, 0.25) is 18.6 Å². The standard InChI is InChI=1S/C30H31FN2O5Si/c1-18-27(39(3,4)31)26(15-16-34)38-30(18)21-17-19(13-14-22(21)32(2)29(30)36)33-23-10-6-8-12-25(23)37-24-11-7-5-9-20(24)28(33)35/h5-14,17-18,26-27,34H,15-16H2,1-4H3/t18-,26+,27-,30+/m0/s1. The van der Waals surface area contributed by atoms with Crippen LogP contribution in [0.5, 0.6) is 11.5 Å². The smallest absolute Gasteiger partial charge is 0.266 e. The Morgan fingerprint density at radius 3 is 2.41 bits per heavy atom. The number of benzene rings is 3. The summed E-state index contributed by atoms with van der Waals surface area (Å²) in [5.74, 6) is -0.0121. The molecule has 3 aliphatic heterocycles. The maximum Gasteiger partial charge on any atom is 0.266 e. The average Bonchev–Trinajstić information content (AvgIpc) is 3.26. The third kappa shape index (κ3) is 3.67. The summed E-state index contributed by atoms with van der Waals surface area (Å²) in [4.78, 5) is 31.1. The molecule has 3 aliphatic rings. The van der Waals surface area contributed by atoms with E-state index in [0.717, 1.165) is 0 Å². The van der Waals surface area contributed by atoms with E-state index < -0.39 is 31.6 Å². The number of rotatable bonds is 4. The van der Waals surface area contributed by atoms with Gasteiger partial charge in [-0.15, -0.1) is 0 Å². The molecule has 3 aromatic rings. The lowest BCUT2D eigenvalue weighted by atomic mass is 9.82. The highest BCUT2D eigenvalue weighted by Crippen LogP contribution is 2.60. The van der Waals surface area contributed by atoms with Crippen LogP contribution >= 0.6 is 0 Å². The predicted molar refractivity (Wildman–Crippen MR) is 149 cm³/mol. The lowest BCUT2D eigenvalue weighted by molar-refractivity contribution is -0.145. The molecule has 1 N–H and O–H groups in total. The third-order valence-electron chi connectivity index (χ3n) is 8.39. The number of nitrogens with zero attached hydrogens (tertiary/aromatic N) is 2. The van der Waals surface area contributed by atoms with Gasteiger partial charge in [0.15, 0.2) is 11.4 Å². The number of carbonyl (C=O) groups is 2. The van der Waals surface area contributed by atoms with Crippen molar-refractivity contribution >= 4 is 37.3 Å². The second-order valence-electron chi connectivity index (χ2n) is 11.1. The van der Waals surface area contributed by atoms with Gasteiger partial charge < -0.3 is 23.6 Å². The van der Waals surface area contributed by atoms with Gasteiger partial charge in [-0.2, -0.15) is 0 Å². The van der Waals surface area contributed by atoms with E-state index in [2.05, 4.69) is 0 Å². The fraction of sp³-hybridized carbons (Fsp3) is 0.333. The first-order chi connectivity index (χ1) is 18.6. The van der Waals surface area contributed by atoms with Gasteiger partial charge in [-0.25, -0.2) is 0 Å². The number of para-hydroxylation sites is 3. The monoisotopic (exact) mass is 546 g/mol. The Balaban J connectivity index is 1.54. The SMILES string of the molecule is C[C@H]1[C@H]([Si](C)(C)F)[C@@H](CCO)O[C@]12C(=O)N(C)c1ccc(N3C(=O)c4ccccc4Oc4ccccc43)cc12. The molecule has 4 atom stereocenters. The Bertz CT molecular complexity index is 1490. The molecule has 1 spiro atoms. The van der Waals surface area contributed by atoms with Gasteiger partial charge in [-0.1, -0.05) is 31.2 Å². The summed E-state index contributed by atoms with van der Waals surface area (Å²) < 4.78 is 28.4. The lowest BCUT2D eigenvalue weighted by Crippen LogP contribution is -2.44. The molecule has 3 heterocycles. The fourth-order valence-electron chi connectivity index (χ4n) is 6.74. The number of aliphatic hydroxyl groups is 1. The number of aliphatic hydroxyl groups excluding tert-OH is 1. The first kappa shape index (κ1) is 25.7. The second kappa shape index (κ2) is 9.01. The van der Waals surface area contributed by atoms with Gasteiger partial charge in [-0.05, 0) is 62.0 Å². The van der Waals surface area contributed by atoms with Crippen molar-refractivity contribution in [2.75, 3.05) is 23.5 Å². The van der Waals surface area contributed by atoms with E-state index in [4.69, 9.17) is 9.47 Å². The van der Waals surface area contributed by atoms with Gasteiger partial charge >= 0.3 is 0 Å². The molecular formula is C30H31FN2O5Si. The number of carbonyl (C=O) groups excluding carboxylic acids is 2. The summed E-state index contributed by atoms with van der Waals surface area (Å²) in [6.07, 6.45) is -0.348. The zero-order valence-corrected chi connectivity index (χ0v) is 23.3. The van der Waals surface area contributed by atoms with Crippen molar-refractivity contribution in [3.63, 3.8) is 0 Å². The van der Waals surface area contributed by atoms with E-state index in [1.807, 2.05) is 49.4 Å². The topological polar surface area (TPSA) is 79.3 Å². The van der Waals surface area contributed by atoms with Crippen molar-refractivity contribution in [2.24, 2.45) is 5.92 Å². The maximum absolute atomic E-state index is 15.7. The lowest BCUT2D eigenvalue weighted by Gasteiger charge is -2.31. The Morgan fingerprint density at radius 1 is 1.00 bits per heavy atom. The number of fused-ring (bicyclic) bond motifs is 4. The van der Waals surface area contributed by atoms with E-state index in [1.165, 1.54) is 0 Å². The molecule has 9 heteroatoms. The molecule has 39 heavy (non-hydrogen) atoms. The molecule has 0 aromatic heterocycles. The van der Waals surface area contributed by atoms with Crippen LogP contribution in [0.25, 0.3) is 0 Å². The molecule has 0 bridgehead atoms. The summed E-state index contributed by atoms with van der Waals surface area (Å²) in [5, 5.41) is 9.75. The molecule has 0 unspecified atom stereocenters. The minimum absolute atomic E-state index is 0.163. The number of ether oxygens (including phenoxy) is 2. The van der Waals surface area contributed by atoms with Gasteiger partial charge in [0.2, 0.25) is 8.41 Å². The normalized spacial score (nSPS) is 25.8. The number of hydrogen-bond acceptors (Lipinski definition) is 5. The summed E-state index contributed by atoms with van der Waals surface area (Å²) in [6.45, 7) is 4.97. The fourth-order valence-corrected chi connectivity index (χ4v) is 9.28. The highest BCUT2D eigenvalue weighted by molar-refractivity contribution is 6.72. The van der Waals surface area contributed by atoms with E-state index in [9.17, 15) is 14.7 Å². The van der Waals surface area contributed by atoms with Crippen LogP contribution in [0.1, 0.15) is 29.3 Å². The zero-order chi connectivity index (χ0) is 27.7. The molecule has 3 aromatic carbocycles. The summed E-state index contributed by atoms with van der Waals surface area (Å²) >= 11 is 0. The average molecular weight is 547 g/mol. The van der Waals surface area contributed by atoms with Crippen LogP contribution in [-0.4, -0.2) is 45.1 Å². The Morgan fingerprint density at radius 2 is 1.69 bits per heavy atom. The molecule has 6 rings (SSSR count). The van der Waals surface area contributed by atoms with Crippen molar-refractivity contribution in [3.05, 3.63) is 77.9 Å². The molecule has 7 nitrogen and oxygen atoms in total. The van der Waals surface area contributed by atoms with Crippen LogP contribution in [0.15, 0.2) is 66.7 Å². The van der Waals surface area contributed by atoms with E-state index >= 15 is 4.11 Å². The highest BCUT2D eigenvalue weighted by Gasteiger charge is 2.66. The molecule has 0 radical (unpaired) electrons. The molecule has 1 fully saturated rings. The first-order valence-electron chi connectivity index (χ1n) is 13.2. The predicted octanol–water partition coefficient (Wildman–Crippen LogP) is 5.90. The number of likely N-dealkylation sites (N-methyl/N-ethyl adjacent to an activating group) is 1. The van der Waals surface area contributed by atoms with Gasteiger partial charge in [0.1, 0.15) is 5.75 Å². The van der Waals surface area contributed by atoms with E-state index in [-0.39, 0.29) is 24.8 Å². The van der Waals surface area contributed by atoms with Crippen LogP contribution in [-0.2, 0) is 15.1 Å². The van der Waals surface area contributed by atoms with Crippen LogP contribution in [0.3, 0.4) is 0 Å². The van der Waals surface area contributed by atoms with Crippen molar-refractivity contribution in [1.29, 1.82) is 0 Å². The van der Waals surface area contributed by atoms with Gasteiger partial charge in [0.05, 0.1) is 23.0 Å². The molecule has 2 amide bonds. The number of halogens is 1. The van der Waals surface area contributed by atoms with Crippen LogP contribution < -0.4 is 14.5 Å². The van der Waals surface area contributed by atoms with Crippen LogP contribution in [0.4, 0.5) is 21.2 Å². The van der Waals surface area contributed by atoms with Crippen molar-refractivity contribution < 1.29 is 28.3 Å². The largest absolute Gasteiger partial charge is 0.454 e. The zero-order valence-electron chi connectivity index (χ0n) is 22.3. The Hall–Kier alpha value is -3.53. The molecular weight excluding hydrogens is 515 g/mol. The molecule has 0 aliphatic carbocycles. The van der Waals surface area contributed by atoms with Crippen molar-refractivity contribution in [1.82, 2.24) is 0 Å².